The Morgan fingerprint density at radius 3 is 0.810 bits per heavy atom. The van der Waals surface area contributed by atoms with Gasteiger partial charge in [-0.15, -0.1) is 0 Å². The number of hydrogen-bond donors (Lipinski definition) is 1. The minimum absolute atomic E-state index is 0.734. The number of hydrogen-bond acceptors (Lipinski definition) is 34. The van der Waals surface area contributed by atoms with Crippen LogP contribution in [0.4, 0.5) is 0 Å². The van der Waals surface area contributed by atoms with Gasteiger partial charge in [-0.3, -0.25) is 62.3 Å². The van der Waals surface area contributed by atoms with Crippen molar-refractivity contribution in [2.75, 3.05) is 26.4 Å². The predicted octanol–water partition coefficient (Wildman–Crippen LogP) is -2.33. The SMILES string of the molecule is CC(=O)OC[C@H]1O[C@@H](O)[C@H](OC(C)=O)[C@@H](O[C@@H]2O[C@H](CO[C@@H]3O[C@H](COC(C)=O)[C@@H](OC(C)=O)[C@H](OC(C)=O)[C@H]3OC(C)=O)[C@@H](OC(C)=O)[C@H](O[C@@H]3O[C@H](COC(C)=O)[C@@H](OC(C)=O)[C@H](OC(C)=O)[C@H]3OC(C)=O)[C@H]2OC(C)=O)[C@@H]1OC(C)=O. The van der Waals surface area contributed by atoms with Gasteiger partial charge < -0.3 is 99.8 Å². The smallest absolute Gasteiger partial charge is 0.303 e. The summed E-state index contributed by atoms with van der Waals surface area (Å²) in [7, 11) is 0. The van der Waals surface area contributed by atoms with Crippen molar-refractivity contribution in [3.05, 3.63) is 0 Å². The number of esters is 13. The van der Waals surface area contributed by atoms with E-state index in [1.54, 1.807) is 0 Å². The van der Waals surface area contributed by atoms with Gasteiger partial charge in [0.15, 0.2) is 86.2 Å². The first kappa shape index (κ1) is 69.3. The Balaban J connectivity index is 2.07. The van der Waals surface area contributed by atoms with E-state index < -0.39 is 227 Å². The van der Waals surface area contributed by atoms with Crippen LogP contribution in [-0.4, -0.2) is 232 Å². The summed E-state index contributed by atoms with van der Waals surface area (Å²) in [6, 6.07) is 0. The third kappa shape index (κ3) is 20.5. The molecule has 34 nitrogen and oxygen atoms in total. The molecular formula is C50H68O34. The van der Waals surface area contributed by atoms with Crippen LogP contribution in [-0.2, 0) is 157 Å². The third-order valence-corrected chi connectivity index (χ3v) is 11.8. The minimum atomic E-state index is -2.32. The Labute approximate surface area is 478 Å². The molecule has 20 atom stereocenters. The molecule has 0 spiro atoms. The summed E-state index contributed by atoms with van der Waals surface area (Å²) >= 11 is 0. The molecule has 0 aromatic carbocycles. The Bertz CT molecular complexity index is 2410. The average molecular weight is 1210 g/mol. The lowest BCUT2D eigenvalue weighted by Crippen LogP contribution is -2.69. The van der Waals surface area contributed by atoms with Gasteiger partial charge in [0.2, 0.25) is 0 Å². The zero-order valence-electron chi connectivity index (χ0n) is 47.8. The van der Waals surface area contributed by atoms with Crippen LogP contribution in [0.1, 0.15) is 90.0 Å². The number of carbonyl (C=O) groups excluding carboxylic acids is 13. The first-order valence-corrected chi connectivity index (χ1v) is 25.6. The predicted molar refractivity (Wildman–Crippen MR) is 258 cm³/mol. The summed E-state index contributed by atoms with van der Waals surface area (Å²) < 4.78 is 115. The van der Waals surface area contributed by atoms with Crippen molar-refractivity contribution >= 4 is 77.6 Å². The van der Waals surface area contributed by atoms with Gasteiger partial charge in [0, 0.05) is 90.0 Å². The van der Waals surface area contributed by atoms with Crippen molar-refractivity contribution in [2.24, 2.45) is 0 Å². The Hall–Kier alpha value is -7.21. The molecule has 0 saturated carbocycles. The highest BCUT2D eigenvalue weighted by Crippen LogP contribution is 2.39. The first-order chi connectivity index (χ1) is 39.3. The lowest BCUT2D eigenvalue weighted by molar-refractivity contribution is -0.384. The fourth-order valence-corrected chi connectivity index (χ4v) is 9.08. The quantitative estimate of drug-likeness (QED) is 0.0828. The molecule has 4 aliphatic heterocycles. The van der Waals surface area contributed by atoms with Crippen molar-refractivity contribution in [1.29, 1.82) is 0 Å². The van der Waals surface area contributed by atoms with Gasteiger partial charge in [-0.25, -0.2) is 0 Å². The lowest BCUT2D eigenvalue weighted by atomic mass is 9.95. The third-order valence-electron chi connectivity index (χ3n) is 11.8. The number of ether oxygens (including phenoxy) is 20. The fourth-order valence-electron chi connectivity index (χ4n) is 9.08. The molecule has 0 amide bonds. The van der Waals surface area contributed by atoms with E-state index in [1.165, 1.54) is 0 Å². The van der Waals surface area contributed by atoms with Crippen molar-refractivity contribution in [2.45, 2.75) is 213 Å². The van der Waals surface area contributed by atoms with E-state index in [0.29, 0.717) is 0 Å². The van der Waals surface area contributed by atoms with Gasteiger partial charge >= 0.3 is 77.6 Å². The molecule has 0 bridgehead atoms. The van der Waals surface area contributed by atoms with Gasteiger partial charge in [-0.2, -0.15) is 0 Å². The van der Waals surface area contributed by atoms with Crippen LogP contribution in [0, 0.1) is 0 Å². The topological polar surface area (TPSA) is 427 Å². The van der Waals surface area contributed by atoms with Crippen LogP contribution in [0.25, 0.3) is 0 Å². The van der Waals surface area contributed by atoms with E-state index in [4.69, 9.17) is 94.7 Å². The van der Waals surface area contributed by atoms with E-state index in [2.05, 4.69) is 0 Å². The maximum absolute atomic E-state index is 13.4. The van der Waals surface area contributed by atoms with Gasteiger partial charge in [-0.05, 0) is 0 Å². The Morgan fingerprint density at radius 1 is 0.262 bits per heavy atom. The summed E-state index contributed by atoms with van der Waals surface area (Å²) in [4.78, 5) is 165. The molecule has 4 rings (SSSR count). The Morgan fingerprint density at radius 2 is 0.488 bits per heavy atom. The molecule has 4 fully saturated rings. The minimum Gasteiger partial charge on any atom is -0.463 e. The van der Waals surface area contributed by atoms with E-state index in [-0.39, 0.29) is 0 Å². The second-order valence-corrected chi connectivity index (χ2v) is 18.9. The standard InChI is InChI=1S/C50H68O34/c1-18(51)65-14-31-35(69-21(4)54)39(43(47(64)79-31)75-27(10)60)83-50-46(78-30(13)63)42(84-49-45(77-29(12)62)41(74-26(9)59)37(71-23(6)56)33(81-49)16-67-20(3)53)38(72-24(7)57)34(82-50)17-68-48-44(76-28(11)61)40(73-25(8)58)36(70-22(5)55)32(80-48)15-66-19(2)52/h31-50,64H,14-17H2,1-13H3/t31-,32-,33-,34-,35-,36-,37-,38-,39+,40+,41+,42+,43-,44-,45-,46-,47-,48-,49+,50+/m1/s1. The summed E-state index contributed by atoms with van der Waals surface area (Å²) in [5.74, 6) is -13.5. The summed E-state index contributed by atoms with van der Waals surface area (Å²) in [5, 5.41) is 11.4. The first-order valence-electron chi connectivity index (χ1n) is 25.6. The van der Waals surface area contributed by atoms with Crippen molar-refractivity contribution < 1.29 is 162 Å². The molecule has 4 heterocycles. The van der Waals surface area contributed by atoms with Crippen LogP contribution >= 0.6 is 0 Å². The summed E-state index contributed by atoms with van der Waals surface area (Å²) in [6.07, 6.45) is -39.4. The highest BCUT2D eigenvalue weighted by atomic mass is 16.8. The molecule has 0 aromatic rings. The molecule has 0 aliphatic carbocycles. The van der Waals surface area contributed by atoms with Gasteiger partial charge in [0.1, 0.15) is 56.4 Å². The van der Waals surface area contributed by atoms with Crippen molar-refractivity contribution in [3.8, 4) is 0 Å². The molecule has 34 heteroatoms. The molecule has 4 aliphatic rings. The number of aliphatic hydroxyl groups excluding tert-OH is 1. The van der Waals surface area contributed by atoms with E-state index in [0.717, 1.165) is 90.0 Å². The normalized spacial score (nSPS) is 32.7. The highest BCUT2D eigenvalue weighted by molar-refractivity contribution is 5.71. The molecule has 1 N–H and O–H groups in total. The van der Waals surface area contributed by atoms with Crippen molar-refractivity contribution in [1.82, 2.24) is 0 Å². The van der Waals surface area contributed by atoms with Gasteiger partial charge in [-0.1, -0.05) is 0 Å². The summed E-state index contributed by atoms with van der Waals surface area (Å²) in [5.41, 5.74) is 0. The van der Waals surface area contributed by atoms with E-state index in [1.807, 2.05) is 0 Å². The maximum Gasteiger partial charge on any atom is 0.303 e. The second-order valence-electron chi connectivity index (χ2n) is 18.9. The second kappa shape index (κ2) is 31.6. The molecule has 0 unspecified atom stereocenters. The monoisotopic (exact) mass is 1210 g/mol. The molecule has 84 heavy (non-hydrogen) atoms. The van der Waals surface area contributed by atoms with E-state index in [9.17, 15) is 67.4 Å². The fraction of sp³-hybridized carbons (Fsp3) is 0.740. The highest BCUT2D eigenvalue weighted by Gasteiger charge is 2.61. The summed E-state index contributed by atoms with van der Waals surface area (Å²) in [6.45, 7) is 8.83. The van der Waals surface area contributed by atoms with Gasteiger partial charge in [0.05, 0.1) is 6.61 Å². The van der Waals surface area contributed by atoms with Crippen LogP contribution in [0.3, 0.4) is 0 Å². The average Bonchev–Trinajstić information content (AvgIpc) is 1.47. The maximum atomic E-state index is 13.4. The van der Waals surface area contributed by atoms with Crippen LogP contribution in [0.2, 0.25) is 0 Å². The molecular weight excluding hydrogens is 1140 g/mol. The van der Waals surface area contributed by atoms with Crippen LogP contribution in [0.5, 0.6) is 0 Å². The number of rotatable bonds is 23. The zero-order valence-corrected chi connectivity index (χ0v) is 47.8. The number of carbonyl (C=O) groups is 13. The number of aliphatic hydroxyl groups is 1. The molecule has 0 aromatic heterocycles. The lowest BCUT2D eigenvalue weighted by Gasteiger charge is -2.50. The molecule has 4 saturated heterocycles. The van der Waals surface area contributed by atoms with Crippen LogP contribution < -0.4 is 0 Å². The van der Waals surface area contributed by atoms with Crippen molar-refractivity contribution in [3.63, 3.8) is 0 Å². The van der Waals surface area contributed by atoms with Crippen LogP contribution in [0.15, 0.2) is 0 Å². The largest absolute Gasteiger partial charge is 0.463 e. The Kier molecular flexibility index (Phi) is 26.1. The van der Waals surface area contributed by atoms with Gasteiger partial charge in [0.25, 0.3) is 0 Å². The molecule has 0 radical (unpaired) electrons. The van der Waals surface area contributed by atoms with E-state index >= 15 is 0 Å². The zero-order chi connectivity index (χ0) is 63.0. The molecule has 472 valence electrons.